The summed E-state index contributed by atoms with van der Waals surface area (Å²) < 4.78 is 0. The summed E-state index contributed by atoms with van der Waals surface area (Å²) in [6.45, 7) is 2.18. The molecule has 1 aromatic rings. The molecule has 0 N–H and O–H groups in total. The van der Waals surface area contributed by atoms with E-state index in [1.807, 2.05) is 11.4 Å². The molecule has 1 rings (SSSR count). The van der Waals surface area contributed by atoms with Gasteiger partial charge in [0.2, 0.25) is 0 Å². The highest BCUT2D eigenvalue weighted by molar-refractivity contribution is 9.09. The molecular weight excluding hydrogens is 244 g/mol. The molecule has 0 radical (unpaired) electrons. The van der Waals surface area contributed by atoms with Crippen molar-refractivity contribution < 1.29 is 0 Å². The molecule has 0 aliphatic carbocycles. The molecule has 1 aromatic heterocycles. The van der Waals surface area contributed by atoms with Crippen molar-refractivity contribution in [2.24, 2.45) is 0 Å². The third-order valence-corrected chi connectivity index (χ3v) is 4.16. The second-order valence-corrected chi connectivity index (χ2v) is 4.85. The quantitative estimate of drug-likeness (QED) is 0.689. The molecule has 1 unspecified atom stereocenters. The van der Waals surface area contributed by atoms with Crippen molar-refractivity contribution >= 4 is 38.9 Å². The van der Waals surface area contributed by atoms with Crippen LogP contribution in [0.5, 0.6) is 0 Å². The number of hydrogen-bond acceptors (Lipinski definition) is 1. The maximum atomic E-state index is 5.95. The Bertz CT molecular complexity index is 222. The molecule has 0 fully saturated rings. The van der Waals surface area contributed by atoms with E-state index in [0.717, 1.165) is 11.4 Å². The normalized spacial score (nSPS) is 13.4. The van der Waals surface area contributed by atoms with Crippen molar-refractivity contribution in [2.45, 2.75) is 24.6 Å². The molecule has 0 spiro atoms. The summed E-state index contributed by atoms with van der Waals surface area (Å²) in [4.78, 5) is 1.70. The summed E-state index contributed by atoms with van der Waals surface area (Å²) in [5.41, 5.74) is 0. The minimum absolute atomic E-state index is 0.444. The average molecular weight is 254 g/mol. The van der Waals surface area contributed by atoms with Crippen molar-refractivity contribution in [2.75, 3.05) is 0 Å². The fraction of sp³-hybridized carbons (Fsp3) is 0.500. The van der Waals surface area contributed by atoms with Gasteiger partial charge in [-0.05, 0) is 17.9 Å². The largest absolute Gasteiger partial charge is 0.146 e. The highest BCUT2D eigenvalue weighted by atomic mass is 79.9. The maximum absolute atomic E-state index is 5.95. The van der Waals surface area contributed by atoms with Crippen molar-refractivity contribution in [3.63, 3.8) is 0 Å². The molecule has 0 bridgehead atoms. The van der Waals surface area contributed by atoms with E-state index in [9.17, 15) is 0 Å². The first-order chi connectivity index (χ1) is 5.25. The van der Waals surface area contributed by atoms with E-state index < -0.39 is 0 Å². The molecule has 0 aromatic carbocycles. The van der Waals surface area contributed by atoms with Crippen molar-refractivity contribution in [3.8, 4) is 0 Å². The highest BCUT2D eigenvalue weighted by Gasteiger charge is 2.10. The van der Waals surface area contributed by atoms with Gasteiger partial charge in [0.25, 0.3) is 0 Å². The minimum atomic E-state index is 0.444. The number of hydrogen-bond donors (Lipinski definition) is 0. The van der Waals surface area contributed by atoms with Gasteiger partial charge in [0.1, 0.15) is 0 Å². The van der Waals surface area contributed by atoms with Crippen LogP contribution in [-0.2, 0) is 0 Å². The van der Waals surface area contributed by atoms with Crippen LogP contribution in [0.4, 0.5) is 0 Å². The summed E-state index contributed by atoms with van der Waals surface area (Å²) in [6.07, 6.45) is 2.34. The molecule has 11 heavy (non-hydrogen) atoms. The summed E-state index contributed by atoms with van der Waals surface area (Å²) in [7, 11) is 0. The van der Waals surface area contributed by atoms with Crippen LogP contribution in [0.15, 0.2) is 11.4 Å². The Kier molecular flexibility index (Phi) is 3.90. The first kappa shape index (κ1) is 9.56. The van der Waals surface area contributed by atoms with E-state index in [1.165, 1.54) is 11.3 Å². The predicted molar refractivity (Wildman–Crippen MR) is 55.9 cm³/mol. The topological polar surface area (TPSA) is 0 Å². The third-order valence-electron chi connectivity index (χ3n) is 1.47. The van der Waals surface area contributed by atoms with E-state index in [-0.39, 0.29) is 0 Å². The van der Waals surface area contributed by atoms with Crippen molar-refractivity contribution in [3.05, 3.63) is 21.3 Å². The molecule has 0 saturated heterocycles. The Morgan fingerprint density at radius 2 is 2.45 bits per heavy atom. The average Bonchev–Trinajstić information content (AvgIpc) is 2.36. The zero-order valence-electron chi connectivity index (χ0n) is 6.31. The third kappa shape index (κ3) is 2.46. The molecule has 0 saturated carbocycles. The van der Waals surface area contributed by atoms with Crippen LogP contribution in [0.3, 0.4) is 0 Å². The number of rotatable bonds is 3. The van der Waals surface area contributed by atoms with Crippen LogP contribution in [0.1, 0.15) is 29.5 Å². The molecule has 1 atom stereocenters. The van der Waals surface area contributed by atoms with Crippen LogP contribution < -0.4 is 0 Å². The Labute approximate surface area is 84.7 Å². The van der Waals surface area contributed by atoms with E-state index >= 15 is 0 Å². The molecule has 0 nitrogen and oxygen atoms in total. The molecule has 3 heteroatoms. The van der Waals surface area contributed by atoms with Gasteiger partial charge in [0, 0.05) is 4.88 Å². The van der Waals surface area contributed by atoms with Gasteiger partial charge < -0.3 is 0 Å². The highest BCUT2D eigenvalue weighted by Crippen LogP contribution is 2.36. The van der Waals surface area contributed by atoms with Gasteiger partial charge in [-0.1, -0.05) is 40.9 Å². The predicted octanol–water partition coefficient (Wildman–Crippen LogP) is 4.64. The minimum Gasteiger partial charge on any atom is -0.146 e. The number of alkyl halides is 1. The van der Waals surface area contributed by atoms with Gasteiger partial charge in [-0.2, -0.15) is 0 Å². The fourth-order valence-electron chi connectivity index (χ4n) is 0.913. The molecular formula is C8H10BrClS. The Hall–Kier alpha value is 0.470. The van der Waals surface area contributed by atoms with Crippen molar-refractivity contribution in [1.29, 1.82) is 0 Å². The monoisotopic (exact) mass is 252 g/mol. The van der Waals surface area contributed by atoms with E-state index in [4.69, 9.17) is 11.6 Å². The molecule has 0 amide bonds. The van der Waals surface area contributed by atoms with Crippen LogP contribution in [0.25, 0.3) is 0 Å². The van der Waals surface area contributed by atoms with Crippen LogP contribution in [0.2, 0.25) is 5.02 Å². The van der Waals surface area contributed by atoms with Crippen LogP contribution in [0, 0.1) is 0 Å². The van der Waals surface area contributed by atoms with Gasteiger partial charge in [0.05, 0.1) is 9.85 Å². The van der Waals surface area contributed by atoms with E-state index in [1.54, 1.807) is 11.3 Å². The molecule has 62 valence electrons. The van der Waals surface area contributed by atoms with E-state index in [2.05, 4.69) is 22.9 Å². The maximum Gasteiger partial charge on any atom is 0.0556 e. The van der Waals surface area contributed by atoms with E-state index in [0.29, 0.717) is 4.83 Å². The SMILES string of the molecule is CCCC(Br)c1sccc1Cl. The van der Waals surface area contributed by atoms with Crippen LogP contribution >= 0.6 is 38.9 Å². The Morgan fingerprint density at radius 1 is 1.73 bits per heavy atom. The number of halogens is 2. The summed E-state index contributed by atoms with van der Waals surface area (Å²) in [5.74, 6) is 0. The zero-order chi connectivity index (χ0) is 8.27. The van der Waals surface area contributed by atoms with Gasteiger partial charge in [-0.25, -0.2) is 0 Å². The smallest absolute Gasteiger partial charge is 0.0556 e. The van der Waals surface area contributed by atoms with Crippen LogP contribution in [-0.4, -0.2) is 0 Å². The molecule has 1 heterocycles. The van der Waals surface area contributed by atoms with Gasteiger partial charge in [-0.3, -0.25) is 0 Å². The first-order valence-corrected chi connectivity index (χ1v) is 5.80. The Morgan fingerprint density at radius 3 is 2.91 bits per heavy atom. The van der Waals surface area contributed by atoms with Gasteiger partial charge in [-0.15, -0.1) is 11.3 Å². The lowest BCUT2D eigenvalue weighted by molar-refractivity contribution is 0.798. The summed E-state index contributed by atoms with van der Waals surface area (Å²) >= 11 is 11.3. The first-order valence-electron chi connectivity index (χ1n) is 3.62. The molecule has 0 aliphatic heterocycles. The van der Waals surface area contributed by atoms with Crippen molar-refractivity contribution in [1.82, 2.24) is 0 Å². The second-order valence-electron chi connectivity index (χ2n) is 2.39. The zero-order valence-corrected chi connectivity index (χ0v) is 9.47. The molecule has 0 aliphatic rings. The lowest BCUT2D eigenvalue weighted by Crippen LogP contribution is -1.84. The summed E-state index contributed by atoms with van der Waals surface area (Å²) in [6, 6.07) is 1.95. The lowest BCUT2D eigenvalue weighted by atomic mass is 10.2. The van der Waals surface area contributed by atoms with Gasteiger partial charge >= 0.3 is 0 Å². The fourth-order valence-corrected chi connectivity index (χ4v) is 3.27. The lowest BCUT2D eigenvalue weighted by Gasteiger charge is -2.05. The summed E-state index contributed by atoms with van der Waals surface area (Å²) in [5, 5.41) is 2.92. The van der Waals surface area contributed by atoms with Gasteiger partial charge in [0.15, 0.2) is 0 Å². The standard InChI is InChI=1S/C8H10BrClS/c1-2-3-6(9)8-7(10)4-5-11-8/h4-6H,2-3H2,1H3. The Balaban J connectivity index is 2.67. The number of thiophene rings is 1. The second kappa shape index (κ2) is 4.48.